The van der Waals surface area contributed by atoms with Crippen LogP contribution in [-0.4, -0.2) is 23.5 Å². The topological polar surface area (TPSA) is 88.3 Å². The van der Waals surface area contributed by atoms with Crippen LogP contribution in [0.4, 0.5) is 5.69 Å². The second kappa shape index (κ2) is 7.21. The highest BCUT2D eigenvalue weighted by molar-refractivity contribution is 6.04. The van der Waals surface area contributed by atoms with Crippen LogP contribution in [0.25, 0.3) is 0 Å². The maximum absolute atomic E-state index is 12.0. The average molecular weight is 300 g/mol. The number of amides is 1. The summed E-state index contributed by atoms with van der Waals surface area (Å²) in [5, 5.41) is 2.67. The minimum Gasteiger partial charge on any atom is -0.462 e. The number of carbonyl (C=O) groups is 2. The molecule has 1 heterocycles. The van der Waals surface area contributed by atoms with E-state index in [0.717, 1.165) is 6.42 Å². The van der Waals surface area contributed by atoms with Crippen LogP contribution in [0.5, 0.6) is 0 Å². The van der Waals surface area contributed by atoms with Gasteiger partial charge in [-0.2, -0.15) is 0 Å². The van der Waals surface area contributed by atoms with Crippen LogP contribution in [0.2, 0.25) is 0 Å². The zero-order valence-corrected chi connectivity index (χ0v) is 12.1. The average Bonchev–Trinajstić information content (AvgIpc) is 2.54. The van der Waals surface area contributed by atoms with Crippen molar-refractivity contribution in [3.8, 4) is 0 Å². The number of aromatic nitrogens is 1. The molecule has 1 aromatic carbocycles. The quantitative estimate of drug-likeness (QED) is 0.828. The summed E-state index contributed by atoms with van der Waals surface area (Å²) in [6, 6.07) is 9.12. The van der Waals surface area contributed by atoms with Gasteiger partial charge in [0.05, 0.1) is 17.7 Å². The van der Waals surface area contributed by atoms with Crippen LogP contribution in [0.3, 0.4) is 0 Å². The molecule has 0 aliphatic heterocycles. The largest absolute Gasteiger partial charge is 0.462 e. The first-order valence-electron chi connectivity index (χ1n) is 6.87. The van der Waals surface area contributed by atoms with Crippen LogP contribution in [0.15, 0.2) is 47.4 Å². The molecule has 0 radical (unpaired) electrons. The van der Waals surface area contributed by atoms with Crippen molar-refractivity contribution in [3.63, 3.8) is 0 Å². The lowest BCUT2D eigenvalue weighted by atomic mass is 10.2. The molecule has 0 fully saturated rings. The molecule has 0 atom stereocenters. The van der Waals surface area contributed by atoms with Gasteiger partial charge in [-0.1, -0.05) is 6.92 Å². The van der Waals surface area contributed by atoms with Crippen LogP contribution in [0, 0.1) is 0 Å². The van der Waals surface area contributed by atoms with Gasteiger partial charge in [-0.3, -0.25) is 9.59 Å². The number of benzene rings is 1. The van der Waals surface area contributed by atoms with Gasteiger partial charge in [0, 0.05) is 18.0 Å². The third-order valence-electron chi connectivity index (χ3n) is 2.86. The molecule has 22 heavy (non-hydrogen) atoms. The van der Waals surface area contributed by atoms with E-state index in [1.165, 1.54) is 18.3 Å². The minimum absolute atomic E-state index is 0.272. The Morgan fingerprint density at radius 1 is 1.09 bits per heavy atom. The molecule has 2 rings (SSSR count). The van der Waals surface area contributed by atoms with Crippen LogP contribution >= 0.6 is 0 Å². The Bertz CT molecular complexity index is 699. The number of H-pyrrole nitrogens is 1. The smallest absolute Gasteiger partial charge is 0.338 e. The Morgan fingerprint density at radius 2 is 1.77 bits per heavy atom. The molecule has 0 spiro atoms. The third kappa shape index (κ3) is 4.05. The molecule has 1 aromatic heterocycles. The van der Waals surface area contributed by atoms with E-state index in [9.17, 15) is 14.4 Å². The third-order valence-corrected chi connectivity index (χ3v) is 2.86. The number of anilines is 1. The van der Waals surface area contributed by atoms with Crippen molar-refractivity contribution in [2.24, 2.45) is 0 Å². The van der Waals surface area contributed by atoms with Crippen LogP contribution < -0.4 is 10.9 Å². The number of pyridine rings is 1. The van der Waals surface area contributed by atoms with Crippen LogP contribution in [0.1, 0.15) is 34.1 Å². The van der Waals surface area contributed by atoms with E-state index in [0.29, 0.717) is 23.4 Å². The van der Waals surface area contributed by atoms with Gasteiger partial charge in [0.15, 0.2) is 0 Å². The summed E-state index contributed by atoms with van der Waals surface area (Å²) in [6.45, 7) is 2.30. The summed E-state index contributed by atoms with van der Waals surface area (Å²) in [6.07, 6.45) is 2.10. The summed E-state index contributed by atoms with van der Waals surface area (Å²) in [5.74, 6) is -0.738. The molecule has 114 valence electrons. The van der Waals surface area contributed by atoms with E-state index in [2.05, 4.69) is 10.3 Å². The standard InChI is InChI=1S/C16H16N2O4/c1-2-9-22-16(21)11-3-6-13(7-4-11)18-15(20)12-5-8-14(19)17-10-12/h3-8,10H,2,9H2,1H3,(H,17,19)(H,18,20). The Kier molecular flexibility index (Phi) is 5.08. The van der Waals surface area contributed by atoms with E-state index < -0.39 is 0 Å². The first kappa shape index (κ1) is 15.5. The van der Waals surface area contributed by atoms with Gasteiger partial charge in [0.25, 0.3) is 5.91 Å². The lowest BCUT2D eigenvalue weighted by Crippen LogP contribution is -2.14. The van der Waals surface area contributed by atoms with Gasteiger partial charge < -0.3 is 15.0 Å². The fraction of sp³-hybridized carbons (Fsp3) is 0.188. The van der Waals surface area contributed by atoms with Crippen LogP contribution in [-0.2, 0) is 4.74 Å². The Hall–Kier alpha value is -2.89. The van der Waals surface area contributed by atoms with Gasteiger partial charge in [0.1, 0.15) is 0 Å². The Morgan fingerprint density at radius 3 is 2.36 bits per heavy atom. The van der Waals surface area contributed by atoms with Crippen molar-refractivity contribution < 1.29 is 14.3 Å². The number of aromatic amines is 1. The summed E-state index contributed by atoms with van der Waals surface area (Å²) in [4.78, 5) is 37.0. The maximum atomic E-state index is 12.0. The molecule has 2 aromatic rings. The predicted molar refractivity (Wildman–Crippen MR) is 82.0 cm³/mol. The molecule has 6 nitrogen and oxygen atoms in total. The molecule has 6 heteroatoms. The first-order chi connectivity index (χ1) is 10.6. The zero-order valence-electron chi connectivity index (χ0n) is 12.1. The van der Waals surface area contributed by atoms with Crippen molar-refractivity contribution in [3.05, 3.63) is 64.1 Å². The number of hydrogen-bond acceptors (Lipinski definition) is 4. The minimum atomic E-state index is -0.389. The number of rotatable bonds is 5. The molecule has 1 amide bonds. The second-order valence-electron chi connectivity index (χ2n) is 4.61. The van der Waals surface area contributed by atoms with Gasteiger partial charge in [-0.05, 0) is 36.8 Å². The Labute approximate surface area is 127 Å². The summed E-state index contributed by atoms with van der Waals surface area (Å²) in [7, 11) is 0. The number of hydrogen-bond donors (Lipinski definition) is 2. The van der Waals surface area contributed by atoms with Gasteiger partial charge in [-0.15, -0.1) is 0 Å². The van der Waals surface area contributed by atoms with Crippen molar-refractivity contribution in [1.29, 1.82) is 0 Å². The number of nitrogens with one attached hydrogen (secondary N) is 2. The number of ether oxygens (including phenoxy) is 1. The SMILES string of the molecule is CCCOC(=O)c1ccc(NC(=O)c2ccc(=O)[nH]c2)cc1. The molecular weight excluding hydrogens is 284 g/mol. The molecule has 0 aliphatic rings. The molecule has 0 aliphatic carbocycles. The molecule has 0 saturated carbocycles. The lowest BCUT2D eigenvalue weighted by Gasteiger charge is -2.06. The molecule has 0 bridgehead atoms. The van der Waals surface area contributed by atoms with E-state index >= 15 is 0 Å². The van der Waals surface area contributed by atoms with E-state index in [4.69, 9.17) is 4.74 Å². The van der Waals surface area contributed by atoms with Crippen molar-refractivity contribution in [2.75, 3.05) is 11.9 Å². The molecule has 0 unspecified atom stereocenters. The number of esters is 1. The monoisotopic (exact) mass is 300 g/mol. The summed E-state index contributed by atoms with van der Waals surface area (Å²) < 4.78 is 5.02. The van der Waals surface area contributed by atoms with Gasteiger partial charge in [-0.25, -0.2) is 4.79 Å². The highest BCUT2D eigenvalue weighted by atomic mass is 16.5. The van der Waals surface area contributed by atoms with E-state index in [1.807, 2.05) is 6.92 Å². The Balaban J connectivity index is 2.01. The highest BCUT2D eigenvalue weighted by Gasteiger charge is 2.09. The second-order valence-corrected chi connectivity index (χ2v) is 4.61. The normalized spacial score (nSPS) is 10.0. The van der Waals surface area contributed by atoms with Gasteiger partial charge >= 0.3 is 5.97 Å². The van der Waals surface area contributed by atoms with Crippen molar-refractivity contribution in [1.82, 2.24) is 4.98 Å². The predicted octanol–water partition coefficient (Wildman–Crippen LogP) is 2.19. The number of carbonyl (C=O) groups excluding carboxylic acids is 2. The fourth-order valence-electron chi connectivity index (χ4n) is 1.72. The fourth-order valence-corrected chi connectivity index (χ4v) is 1.72. The van der Waals surface area contributed by atoms with E-state index in [1.54, 1.807) is 24.3 Å². The molecule has 2 N–H and O–H groups in total. The summed E-state index contributed by atoms with van der Waals surface area (Å²) >= 11 is 0. The zero-order chi connectivity index (χ0) is 15.9. The maximum Gasteiger partial charge on any atom is 0.338 e. The van der Waals surface area contributed by atoms with Crippen molar-refractivity contribution >= 4 is 17.6 Å². The lowest BCUT2D eigenvalue weighted by molar-refractivity contribution is 0.0505. The van der Waals surface area contributed by atoms with E-state index in [-0.39, 0.29) is 17.4 Å². The van der Waals surface area contributed by atoms with Crippen molar-refractivity contribution in [2.45, 2.75) is 13.3 Å². The van der Waals surface area contributed by atoms with Gasteiger partial charge in [0.2, 0.25) is 5.56 Å². The first-order valence-corrected chi connectivity index (χ1v) is 6.87. The molecule has 0 saturated heterocycles. The highest BCUT2D eigenvalue weighted by Crippen LogP contribution is 2.12. The molecular formula is C16H16N2O4. The summed E-state index contributed by atoms with van der Waals surface area (Å²) in [5.41, 5.74) is 1.04.